The molecule has 27 heavy (non-hydrogen) atoms. The van der Waals surface area contributed by atoms with Crippen molar-refractivity contribution < 1.29 is 26.4 Å². The maximum absolute atomic E-state index is 12.9. The van der Waals surface area contributed by atoms with Crippen LogP contribution in [-0.2, 0) is 21.0 Å². The molecule has 6 nitrogen and oxygen atoms in total. The lowest BCUT2D eigenvalue weighted by atomic mass is 9.91. The highest BCUT2D eigenvalue weighted by molar-refractivity contribution is 7.92. The number of carbonyl (C=O) groups is 1. The molecule has 0 atom stereocenters. The molecule has 0 radical (unpaired) electrons. The van der Waals surface area contributed by atoms with Gasteiger partial charge in [0.2, 0.25) is 10.0 Å². The van der Waals surface area contributed by atoms with Crippen LogP contribution < -0.4 is 9.73 Å². The fraction of sp³-hybridized carbons (Fsp3) is 0.500. The molecule has 1 rings (SSSR count). The molecule has 0 saturated carbocycles. The van der Waals surface area contributed by atoms with Crippen LogP contribution in [0.25, 0.3) is 0 Å². The van der Waals surface area contributed by atoms with E-state index in [2.05, 4.69) is 10.5 Å². The standard InChI is InChI=1S/C16H21ClF3N3O3S/c1-10(15(2,3)4)21-22-14(24)9-23(27(5,25)26)13-8-11(16(18,19)20)6-7-12(13)17/h6-8H,9H2,1-5H3,(H,22,24)/b21-10-. The zero-order valence-electron chi connectivity index (χ0n) is 15.5. The average Bonchev–Trinajstić information content (AvgIpc) is 2.47. The van der Waals surface area contributed by atoms with Crippen LogP contribution in [0.3, 0.4) is 0 Å². The maximum atomic E-state index is 12.9. The molecule has 0 heterocycles. The van der Waals surface area contributed by atoms with E-state index in [0.717, 1.165) is 18.4 Å². The van der Waals surface area contributed by atoms with Gasteiger partial charge in [-0.05, 0) is 25.1 Å². The molecule has 0 aliphatic carbocycles. The first-order chi connectivity index (χ1) is 12.0. The Bertz CT molecular complexity index is 847. The summed E-state index contributed by atoms with van der Waals surface area (Å²) in [6.07, 6.45) is -3.93. The second-order valence-electron chi connectivity index (χ2n) is 6.92. The van der Waals surface area contributed by atoms with E-state index < -0.39 is 39.9 Å². The van der Waals surface area contributed by atoms with Gasteiger partial charge in [0.25, 0.3) is 5.91 Å². The maximum Gasteiger partial charge on any atom is 0.416 e. The third-order valence-electron chi connectivity index (χ3n) is 3.66. The van der Waals surface area contributed by atoms with Gasteiger partial charge in [0.15, 0.2) is 0 Å². The first-order valence-electron chi connectivity index (χ1n) is 7.71. The highest BCUT2D eigenvalue weighted by Crippen LogP contribution is 2.36. The lowest BCUT2D eigenvalue weighted by Gasteiger charge is -2.24. The van der Waals surface area contributed by atoms with Crippen molar-refractivity contribution in [1.29, 1.82) is 0 Å². The number of carbonyl (C=O) groups excluding carboxylic acids is 1. The SMILES string of the molecule is C/C(=N/NC(=O)CN(c1cc(C(F)(F)F)ccc1Cl)S(C)(=O)=O)C(C)(C)C. The molecule has 0 aliphatic heterocycles. The Balaban J connectivity index is 3.21. The molecule has 1 N–H and O–H groups in total. The molecule has 1 aromatic carbocycles. The minimum atomic E-state index is -4.70. The number of hydrogen-bond acceptors (Lipinski definition) is 4. The summed E-state index contributed by atoms with van der Waals surface area (Å²) in [5, 5.41) is 3.65. The molecular formula is C16H21ClF3N3O3S. The zero-order chi connectivity index (χ0) is 21.2. The molecule has 0 unspecified atom stereocenters. The predicted octanol–water partition coefficient (Wildman–Crippen LogP) is 3.66. The number of hydrazone groups is 1. The number of rotatable bonds is 5. The van der Waals surface area contributed by atoms with E-state index in [1.54, 1.807) is 6.92 Å². The van der Waals surface area contributed by atoms with Gasteiger partial charge in [-0.3, -0.25) is 9.10 Å². The van der Waals surface area contributed by atoms with Gasteiger partial charge in [-0.2, -0.15) is 18.3 Å². The zero-order valence-corrected chi connectivity index (χ0v) is 17.1. The Labute approximate surface area is 161 Å². The molecule has 0 bridgehead atoms. The third-order valence-corrected chi connectivity index (χ3v) is 5.11. The number of sulfonamides is 1. The van der Waals surface area contributed by atoms with Crippen LogP contribution in [0.15, 0.2) is 23.3 Å². The number of nitrogens with zero attached hydrogens (tertiary/aromatic N) is 2. The Morgan fingerprint density at radius 2 is 1.81 bits per heavy atom. The summed E-state index contributed by atoms with van der Waals surface area (Å²) in [5.41, 5.74) is 0.931. The molecule has 0 aromatic heterocycles. The van der Waals surface area contributed by atoms with E-state index in [9.17, 15) is 26.4 Å². The van der Waals surface area contributed by atoms with Crippen molar-refractivity contribution in [3.63, 3.8) is 0 Å². The molecule has 0 aliphatic rings. The third kappa shape index (κ3) is 6.69. The van der Waals surface area contributed by atoms with Crippen molar-refractivity contribution >= 4 is 38.9 Å². The monoisotopic (exact) mass is 427 g/mol. The van der Waals surface area contributed by atoms with Crippen LogP contribution in [0.5, 0.6) is 0 Å². The van der Waals surface area contributed by atoms with Crippen molar-refractivity contribution in [2.45, 2.75) is 33.9 Å². The molecule has 0 spiro atoms. The summed E-state index contributed by atoms with van der Waals surface area (Å²) in [4.78, 5) is 12.1. The molecule has 1 aromatic rings. The van der Waals surface area contributed by atoms with Gasteiger partial charge in [0, 0.05) is 11.1 Å². The first-order valence-corrected chi connectivity index (χ1v) is 9.94. The van der Waals surface area contributed by atoms with E-state index in [0.29, 0.717) is 16.1 Å². The van der Waals surface area contributed by atoms with E-state index >= 15 is 0 Å². The Hall–Kier alpha value is -1.81. The van der Waals surface area contributed by atoms with Crippen molar-refractivity contribution in [3.8, 4) is 0 Å². The van der Waals surface area contributed by atoms with Gasteiger partial charge in [-0.1, -0.05) is 32.4 Å². The minimum Gasteiger partial charge on any atom is -0.271 e. The van der Waals surface area contributed by atoms with Crippen LogP contribution >= 0.6 is 11.6 Å². The fourth-order valence-corrected chi connectivity index (χ4v) is 2.87. The van der Waals surface area contributed by atoms with E-state index in [1.807, 2.05) is 20.8 Å². The van der Waals surface area contributed by atoms with E-state index in [1.165, 1.54) is 0 Å². The normalized spacial score (nSPS) is 13.4. The quantitative estimate of drug-likeness (QED) is 0.575. The Morgan fingerprint density at radius 1 is 1.26 bits per heavy atom. The van der Waals surface area contributed by atoms with Gasteiger partial charge >= 0.3 is 6.18 Å². The molecular weight excluding hydrogens is 407 g/mol. The van der Waals surface area contributed by atoms with E-state index in [-0.39, 0.29) is 10.4 Å². The lowest BCUT2D eigenvalue weighted by Crippen LogP contribution is -2.39. The largest absolute Gasteiger partial charge is 0.416 e. The Morgan fingerprint density at radius 3 is 2.26 bits per heavy atom. The second kappa shape index (κ2) is 8.05. The average molecular weight is 428 g/mol. The highest BCUT2D eigenvalue weighted by atomic mass is 35.5. The summed E-state index contributed by atoms with van der Waals surface area (Å²) in [6.45, 7) is 6.49. The highest BCUT2D eigenvalue weighted by Gasteiger charge is 2.33. The van der Waals surface area contributed by atoms with Crippen molar-refractivity contribution in [2.24, 2.45) is 10.5 Å². The summed E-state index contributed by atoms with van der Waals surface area (Å²) in [7, 11) is -4.09. The molecule has 1 amide bonds. The van der Waals surface area contributed by atoms with Gasteiger partial charge in [-0.15, -0.1) is 0 Å². The Kier molecular flexibility index (Phi) is 6.93. The summed E-state index contributed by atoms with van der Waals surface area (Å²) in [5.74, 6) is -0.822. The second-order valence-corrected chi connectivity index (χ2v) is 9.23. The topological polar surface area (TPSA) is 78.8 Å². The van der Waals surface area contributed by atoms with Crippen molar-refractivity contribution in [1.82, 2.24) is 5.43 Å². The molecule has 11 heteroatoms. The number of hydrogen-bond donors (Lipinski definition) is 1. The van der Waals surface area contributed by atoms with Gasteiger partial charge in [-0.25, -0.2) is 13.8 Å². The van der Waals surface area contributed by atoms with Crippen molar-refractivity contribution in [2.75, 3.05) is 17.1 Å². The van der Waals surface area contributed by atoms with Gasteiger partial charge < -0.3 is 0 Å². The summed E-state index contributed by atoms with van der Waals surface area (Å²) in [6, 6.07) is 2.24. The van der Waals surface area contributed by atoms with Crippen LogP contribution in [0.2, 0.25) is 5.02 Å². The molecule has 0 saturated heterocycles. The molecule has 152 valence electrons. The summed E-state index contributed by atoms with van der Waals surface area (Å²) < 4.78 is 63.4. The lowest BCUT2D eigenvalue weighted by molar-refractivity contribution is -0.137. The van der Waals surface area contributed by atoms with E-state index in [4.69, 9.17) is 11.6 Å². The fourth-order valence-electron chi connectivity index (χ4n) is 1.74. The van der Waals surface area contributed by atoms with Crippen molar-refractivity contribution in [3.05, 3.63) is 28.8 Å². The van der Waals surface area contributed by atoms with Gasteiger partial charge in [0.1, 0.15) is 6.54 Å². The number of nitrogens with one attached hydrogen (secondary N) is 1. The van der Waals surface area contributed by atoms with Crippen LogP contribution in [0, 0.1) is 5.41 Å². The van der Waals surface area contributed by atoms with Crippen LogP contribution in [0.1, 0.15) is 33.3 Å². The number of benzene rings is 1. The smallest absolute Gasteiger partial charge is 0.271 e. The first kappa shape index (κ1) is 23.2. The van der Waals surface area contributed by atoms with Gasteiger partial charge in [0.05, 0.1) is 22.5 Å². The number of alkyl halides is 3. The summed E-state index contributed by atoms with van der Waals surface area (Å²) >= 11 is 5.89. The number of anilines is 1. The van der Waals surface area contributed by atoms with Crippen LogP contribution in [0.4, 0.5) is 18.9 Å². The molecule has 0 fully saturated rings. The number of halogens is 4. The minimum absolute atomic E-state index is 0.240. The van der Waals surface area contributed by atoms with Crippen LogP contribution in [-0.4, -0.2) is 32.8 Å². The number of amides is 1. The predicted molar refractivity (Wildman–Crippen MR) is 99.4 cm³/mol.